The van der Waals surface area contributed by atoms with E-state index in [1.54, 1.807) is 16.2 Å². The maximum atomic E-state index is 12.1. The number of halogens is 1. The van der Waals surface area contributed by atoms with Gasteiger partial charge >= 0.3 is 5.69 Å². The number of rotatable bonds is 3. The maximum Gasteiger partial charge on any atom is 0.328 e. The summed E-state index contributed by atoms with van der Waals surface area (Å²) in [6, 6.07) is 14.0. The fourth-order valence-corrected chi connectivity index (χ4v) is 4.62. The van der Waals surface area contributed by atoms with E-state index < -0.39 is 5.60 Å². The Morgan fingerprint density at radius 3 is 2.61 bits per heavy atom. The molecule has 1 aliphatic rings. The standard InChI is InChI=1S/C22H26ClN3O2/c1-15-13-22(28,17-5-4-6-18(23)12-17)9-10-26(15)14-16-7-8-19-20(11-16)25(3)21(27)24(19)2/h4-8,11-12,15,28H,9-10,13-14H2,1-3H3/t15-,22+/m0/s1. The summed E-state index contributed by atoms with van der Waals surface area (Å²) in [7, 11) is 3.61. The summed E-state index contributed by atoms with van der Waals surface area (Å²) < 4.78 is 3.37. The average molecular weight is 400 g/mol. The van der Waals surface area contributed by atoms with E-state index in [1.165, 1.54) is 5.56 Å². The molecule has 0 saturated carbocycles. The van der Waals surface area contributed by atoms with Gasteiger partial charge in [0.15, 0.2) is 0 Å². The van der Waals surface area contributed by atoms with Crippen molar-refractivity contribution in [1.82, 2.24) is 14.0 Å². The molecule has 5 nitrogen and oxygen atoms in total. The van der Waals surface area contributed by atoms with Crippen molar-refractivity contribution in [2.24, 2.45) is 14.1 Å². The normalized spacial score (nSPS) is 23.4. The van der Waals surface area contributed by atoms with E-state index in [0.717, 1.165) is 29.7 Å². The van der Waals surface area contributed by atoms with Crippen LogP contribution in [-0.4, -0.2) is 31.7 Å². The third-order valence-electron chi connectivity index (χ3n) is 6.15. The molecule has 1 fully saturated rings. The summed E-state index contributed by atoms with van der Waals surface area (Å²) in [5.74, 6) is 0. The monoisotopic (exact) mass is 399 g/mol. The average Bonchev–Trinajstić information content (AvgIpc) is 2.88. The number of likely N-dealkylation sites (tertiary alicyclic amines) is 1. The van der Waals surface area contributed by atoms with Crippen LogP contribution in [0, 0.1) is 0 Å². The smallest absolute Gasteiger partial charge is 0.328 e. The lowest BCUT2D eigenvalue weighted by atomic mass is 9.81. The van der Waals surface area contributed by atoms with Crippen molar-refractivity contribution in [2.45, 2.75) is 38.0 Å². The van der Waals surface area contributed by atoms with Crippen molar-refractivity contribution < 1.29 is 5.11 Å². The summed E-state index contributed by atoms with van der Waals surface area (Å²) in [5, 5.41) is 11.9. The second kappa shape index (κ2) is 7.07. The lowest BCUT2D eigenvalue weighted by Gasteiger charge is -2.43. The number of aromatic nitrogens is 2. The molecule has 0 bridgehead atoms. The van der Waals surface area contributed by atoms with Gasteiger partial charge in [-0.05, 0) is 55.2 Å². The molecule has 0 aliphatic carbocycles. The van der Waals surface area contributed by atoms with Gasteiger partial charge in [-0.15, -0.1) is 0 Å². The van der Waals surface area contributed by atoms with Gasteiger partial charge in [-0.2, -0.15) is 0 Å². The van der Waals surface area contributed by atoms with Crippen LogP contribution in [0.2, 0.25) is 5.02 Å². The Morgan fingerprint density at radius 1 is 1.14 bits per heavy atom. The van der Waals surface area contributed by atoms with Gasteiger partial charge in [-0.25, -0.2) is 4.79 Å². The highest BCUT2D eigenvalue weighted by Gasteiger charge is 2.37. The quantitative estimate of drug-likeness (QED) is 0.734. The van der Waals surface area contributed by atoms with Gasteiger partial charge < -0.3 is 5.11 Å². The number of piperidine rings is 1. The Kier molecular flexibility index (Phi) is 4.86. The number of nitrogens with zero attached hydrogens (tertiary/aromatic N) is 3. The molecule has 2 heterocycles. The predicted octanol–water partition coefficient (Wildman–Crippen LogP) is 3.40. The fourth-order valence-electron chi connectivity index (χ4n) is 4.43. The Bertz CT molecular complexity index is 1090. The van der Waals surface area contributed by atoms with Crippen molar-refractivity contribution in [3.63, 3.8) is 0 Å². The molecule has 1 saturated heterocycles. The van der Waals surface area contributed by atoms with E-state index in [0.29, 0.717) is 17.9 Å². The highest BCUT2D eigenvalue weighted by atomic mass is 35.5. The van der Waals surface area contributed by atoms with Crippen molar-refractivity contribution in [3.05, 3.63) is 69.1 Å². The van der Waals surface area contributed by atoms with Gasteiger partial charge in [0, 0.05) is 38.2 Å². The molecule has 28 heavy (non-hydrogen) atoms. The zero-order chi connectivity index (χ0) is 20.1. The molecule has 3 aromatic rings. The zero-order valence-electron chi connectivity index (χ0n) is 16.5. The predicted molar refractivity (Wildman–Crippen MR) is 113 cm³/mol. The number of hydrogen-bond acceptors (Lipinski definition) is 3. The number of imidazole rings is 1. The maximum absolute atomic E-state index is 12.1. The van der Waals surface area contributed by atoms with E-state index in [9.17, 15) is 9.90 Å². The van der Waals surface area contributed by atoms with Gasteiger partial charge in [-0.1, -0.05) is 29.8 Å². The van der Waals surface area contributed by atoms with E-state index in [4.69, 9.17) is 11.6 Å². The fraction of sp³-hybridized carbons (Fsp3) is 0.409. The van der Waals surface area contributed by atoms with Crippen LogP contribution in [0.1, 0.15) is 30.9 Å². The van der Waals surface area contributed by atoms with E-state index in [1.807, 2.05) is 37.4 Å². The lowest BCUT2D eigenvalue weighted by molar-refractivity contribution is -0.0502. The Balaban J connectivity index is 1.54. The molecular weight excluding hydrogens is 374 g/mol. The van der Waals surface area contributed by atoms with Crippen LogP contribution in [0.3, 0.4) is 0 Å². The molecule has 2 atom stereocenters. The Labute approximate surface area is 169 Å². The topological polar surface area (TPSA) is 50.4 Å². The van der Waals surface area contributed by atoms with Crippen LogP contribution in [-0.2, 0) is 26.2 Å². The summed E-state index contributed by atoms with van der Waals surface area (Å²) in [5.41, 5.74) is 3.11. The molecular formula is C22H26ClN3O2. The molecule has 0 amide bonds. The van der Waals surface area contributed by atoms with Crippen molar-refractivity contribution in [1.29, 1.82) is 0 Å². The number of hydrogen-bond donors (Lipinski definition) is 1. The largest absolute Gasteiger partial charge is 0.385 e. The zero-order valence-corrected chi connectivity index (χ0v) is 17.3. The minimum atomic E-state index is -0.839. The number of aryl methyl sites for hydroxylation is 2. The van der Waals surface area contributed by atoms with E-state index in [-0.39, 0.29) is 11.7 Å². The lowest BCUT2D eigenvalue weighted by Crippen LogP contribution is -2.47. The molecule has 1 N–H and O–H groups in total. The molecule has 1 aromatic heterocycles. The summed E-state index contributed by atoms with van der Waals surface area (Å²) in [4.78, 5) is 14.5. The van der Waals surface area contributed by atoms with Gasteiger partial charge in [0.05, 0.1) is 16.6 Å². The van der Waals surface area contributed by atoms with Crippen LogP contribution in [0.15, 0.2) is 47.3 Å². The Hall–Kier alpha value is -2.08. The first-order chi connectivity index (χ1) is 13.3. The van der Waals surface area contributed by atoms with Gasteiger partial charge in [0.1, 0.15) is 0 Å². The minimum Gasteiger partial charge on any atom is -0.385 e. The molecule has 6 heteroatoms. The molecule has 4 rings (SSSR count). The van der Waals surface area contributed by atoms with Crippen LogP contribution in [0.5, 0.6) is 0 Å². The summed E-state index contributed by atoms with van der Waals surface area (Å²) in [6.45, 7) is 3.76. The van der Waals surface area contributed by atoms with Crippen LogP contribution < -0.4 is 5.69 Å². The third kappa shape index (κ3) is 3.28. The number of fused-ring (bicyclic) bond motifs is 1. The third-order valence-corrected chi connectivity index (χ3v) is 6.39. The van der Waals surface area contributed by atoms with Crippen molar-refractivity contribution in [3.8, 4) is 0 Å². The van der Waals surface area contributed by atoms with Crippen molar-refractivity contribution >= 4 is 22.6 Å². The number of benzene rings is 2. The highest BCUT2D eigenvalue weighted by molar-refractivity contribution is 6.30. The molecule has 0 unspecified atom stereocenters. The summed E-state index contributed by atoms with van der Waals surface area (Å²) in [6.07, 6.45) is 1.34. The van der Waals surface area contributed by atoms with Crippen LogP contribution >= 0.6 is 11.6 Å². The molecule has 0 spiro atoms. The molecule has 0 radical (unpaired) electrons. The first kappa shape index (κ1) is 19.2. The first-order valence-corrected chi connectivity index (χ1v) is 10.0. The van der Waals surface area contributed by atoms with E-state index >= 15 is 0 Å². The Morgan fingerprint density at radius 2 is 1.89 bits per heavy atom. The molecule has 1 aliphatic heterocycles. The van der Waals surface area contributed by atoms with Gasteiger partial charge in [0.2, 0.25) is 0 Å². The first-order valence-electron chi connectivity index (χ1n) is 9.65. The SMILES string of the molecule is C[C@H]1C[C@@](O)(c2cccc(Cl)c2)CCN1Cc1ccc2c(c1)n(C)c(=O)n2C. The van der Waals surface area contributed by atoms with Gasteiger partial charge in [0.25, 0.3) is 0 Å². The van der Waals surface area contributed by atoms with Crippen LogP contribution in [0.25, 0.3) is 11.0 Å². The summed E-state index contributed by atoms with van der Waals surface area (Å²) >= 11 is 6.12. The highest BCUT2D eigenvalue weighted by Crippen LogP contribution is 2.37. The second-order valence-electron chi connectivity index (χ2n) is 8.04. The van der Waals surface area contributed by atoms with E-state index in [2.05, 4.69) is 24.0 Å². The van der Waals surface area contributed by atoms with Crippen LogP contribution in [0.4, 0.5) is 0 Å². The molecule has 148 valence electrons. The number of aliphatic hydroxyl groups is 1. The second-order valence-corrected chi connectivity index (χ2v) is 8.48. The molecule has 2 aromatic carbocycles. The van der Waals surface area contributed by atoms with Gasteiger partial charge in [-0.3, -0.25) is 14.0 Å². The minimum absolute atomic E-state index is 0.00919. The van der Waals surface area contributed by atoms with Crippen molar-refractivity contribution in [2.75, 3.05) is 6.54 Å².